The molecule has 0 saturated carbocycles. The smallest absolute Gasteiger partial charge is 0.115 e. The van der Waals surface area contributed by atoms with Crippen LogP contribution >= 0.6 is 0 Å². The van der Waals surface area contributed by atoms with E-state index >= 15 is 0 Å². The average molecular weight is 495 g/mol. The summed E-state index contributed by atoms with van der Waals surface area (Å²) in [5.74, 6) is 0.712. The molecule has 0 aromatic heterocycles. The van der Waals surface area contributed by atoms with Gasteiger partial charge in [-0.2, -0.15) is 0 Å². The van der Waals surface area contributed by atoms with Gasteiger partial charge < -0.3 is 15.3 Å². The third kappa shape index (κ3) is 6.95. The average Bonchev–Trinajstić information content (AvgIpc) is 2.92. The van der Waals surface area contributed by atoms with Crippen LogP contribution in [0.25, 0.3) is 0 Å². The molecule has 0 bridgehead atoms. The van der Waals surface area contributed by atoms with Crippen molar-refractivity contribution in [2.75, 3.05) is 0 Å². The second-order valence-corrected chi connectivity index (χ2v) is 10.0. The predicted molar refractivity (Wildman–Crippen MR) is 151 cm³/mol. The van der Waals surface area contributed by atoms with Crippen molar-refractivity contribution in [2.45, 2.75) is 63.2 Å². The Labute approximate surface area is 221 Å². The number of phenolic OH excluding ortho intramolecular Hbond substituents is 3. The van der Waals surface area contributed by atoms with Gasteiger partial charge in [-0.1, -0.05) is 105 Å². The molecular weight excluding hydrogens is 456 g/mol. The lowest BCUT2D eigenvalue weighted by molar-refractivity contribution is 0.467. The van der Waals surface area contributed by atoms with E-state index in [1.54, 1.807) is 36.4 Å². The third-order valence-corrected chi connectivity index (χ3v) is 7.44. The van der Waals surface area contributed by atoms with Crippen molar-refractivity contribution < 1.29 is 15.3 Å². The lowest BCUT2D eigenvalue weighted by Gasteiger charge is -2.36. The maximum absolute atomic E-state index is 9.97. The Morgan fingerprint density at radius 2 is 0.784 bits per heavy atom. The number of hydrogen-bond donors (Lipinski definition) is 3. The molecule has 3 nitrogen and oxygen atoms in total. The van der Waals surface area contributed by atoms with Crippen LogP contribution in [-0.2, 0) is 11.8 Å². The van der Waals surface area contributed by atoms with Crippen LogP contribution in [0.2, 0.25) is 0 Å². The minimum Gasteiger partial charge on any atom is -0.508 e. The first-order chi connectivity index (χ1) is 18.1. The number of rotatable bonds is 13. The normalized spacial score (nSPS) is 11.5. The van der Waals surface area contributed by atoms with E-state index in [4.69, 9.17) is 0 Å². The van der Waals surface area contributed by atoms with Crippen LogP contribution in [0, 0.1) is 0 Å². The van der Waals surface area contributed by atoms with Crippen LogP contribution in [0.3, 0.4) is 0 Å². The zero-order valence-corrected chi connectivity index (χ0v) is 21.5. The zero-order chi connectivity index (χ0) is 25.9. The molecule has 0 spiro atoms. The fourth-order valence-electron chi connectivity index (χ4n) is 5.42. The monoisotopic (exact) mass is 494 g/mol. The fraction of sp³-hybridized carbons (Fsp3) is 0.294. The summed E-state index contributed by atoms with van der Waals surface area (Å²) in [6.07, 6.45) is 10.5. The van der Waals surface area contributed by atoms with Gasteiger partial charge in [-0.3, -0.25) is 0 Å². The molecule has 0 aliphatic rings. The van der Waals surface area contributed by atoms with E-state index in [0.29, 0.717) is 0 Å². The van der Waals surface area contributed by atoms with Crippen molar-refractivity contribution in [1.29, 1.82) is 0 Å². The van der Waals surface area contributed by atoms with Gasteiger partial charge in [0, 0.05) is 5.41 Å². The first-order valence-corrected chi connectivity index (χ1v) is 13.5. The van der Waals surface area contributed by atoms with Crippen molar-refractivity contribution in [3.05, 3.63) is 125 Å². The molecule has 0 aliphatic carbocycles. The molecule has 4 rings (SSSR count). The molecular formula is C34H38O3. The van der Waals surface area contributed by atoms with Gasteiger partial charge in [0.25, 0.3) is 0 Å². The van der Waals surface area contributed by atoms with Crippen LogP contribution in [0.5, 0.6) is 17.2 Å². The zero-order valence-electron chi connectivity index (χ0n) is 21.5. The Morgan fingerprint density at radius 3 is 1.22 bits per heavy atom. The molecule has 3 heteroatoms. The number of hydrogen-bond acceptors (Lipinski definition) is 3. The van der Waals surface area contributed by atoms with E-state index in [-0.39, 0.29) is 17.2 Å². The minimum absolute atomic E-state index is 0.237. The topological polar surface area (TPSA) is 60.7 Å². The summed E-state index contributed by atoms with van der Waals surface area (Å²) in [5, 5.41) is 29.9. The lowest BCUT2D eigenvalue weighted by Crippen LogP contribution is -2.29. The largest absolute Gasteiger partial charge is 0.508 e. The molecule has 0 saturated heterocycles. The Bertz CT molecular complexity index is 1090. The molecule has 0 aliphatic heterocycles. The Kier molecular flexibility index (Phi) is 9.26. The van der Waals surface area contributed by atoms with E-state index in [2.05, 4.69) is 30.3 Å². The quantitative estimate of drug-likeness (QED) is 0.129. The molecule has 0 fully saturated rings. The molecule has 0 heterocycles. The van der Waals surface area contributed by atoms with Crippen LogP contribution in [0.4, 0.5) is 0 Å². The molecule has 0 atom stereocenters. The molecule has 4 aromatic rings. The SMILES string of the molecule is Oc1ccc(C(CCCCCCCCCc2ccccc2)(c2ccc(O)cc2)c2ccc(O)cc2)cc1. The number of aromatic hydroxyl groups is 3. The highest BCUT2D eigenvalue weighted by Gasteiger charge is 2.36. The van der Waals surface area contributed by atoms with Gasteiger partial charge in [-0.05, 0) is 77.9 Å². The van der Waals surface area contributed by atoms with Gasteiger partial charge >= 0.3 is 0 Å². The molecule has 0 radical (unpaired) electrons. The third-order valence-electron chi connectivity index (χ3n) is 7.44. The molecule has 0 unspecified atom stereocenters. The van der Waals surface area contributed by atoms with E-state index in [1.807, 2.05) is 36.4 Å². The first-order valence-electron chi connectivity index (χ1n) is 13.5. The summed E-state index contributed by atoms with van der Waals surface area (Å²) in [4.78, 5) is 0. The number of aryl methyl sites for hydroxylation is 1. The molecule has 4 aromatic carbocycles. The van der Waals surface area contributed by atoms with Gasteiger partial charge in [-0.15, -0.1) is 0 Å². The highest BCUT2D eigenvalue weighted by atomic mass is 16.3. The van der Waals surface area contributed by atoms with Crippen LogP contribution in [0.15, 0.2) is 103 Å². The van der Waals surface area contributed by atoms with Crippen LogP contribution in [-0.4, -0.2) is 15.3 Å². The molecule has 3 N–H and O–H groups in total. The second-order valence-electron chi connectivity index (χ2n) is 10.0. The summed E-state index contributed by atoms with van der Waals surface area (Å²) < 4.78 is 0. The predicted octanol–water partition coefficient (Wildman–Crippen LogP) is 8.50. The van der Waals surface area contributed by atoms with Crippen molar-refractivity contribution >= 4 is 0 Å². The van der Waals surface area contributed by atoms with Crippen LogP contribution < -0.4 is 0 Å². The number of unbranched alkanes of at least 4 members (excludes halogenated alkanes) is 6. The van der Waals surface area contributed by atoms with Gasteiger partial charge in [0.05, 0.1) is 0 Å². The first kappa shape index (κ1) is 26.3. The van der Waals surface area contributed by atoms with E-state index in [0.717, 1.165) is 42.4 Å². The highest BCUT2D eigenvalue weighted by Crippen LogP contribution is 2.44. The van der Waals surface area contributed by atoms with E-state index < -0.39 is 5.41 Å². The summed E-state index contributed by atoms with van der Waals surface area (Å²) in [7, 11) is 0. The Hall–Kier alpha value is -3.72. The number of phenols is 3. The maximum Gasteiger partial charge on any atom is 0.115 e. The molecule has 0 amide bonds. The summed E-state index contributed by atoms with van der Waals surface area (Å²) in [5.41, 5.74) is 4.23. The lowest BCUT2D eigenvalue weighted by atomic mass is 9.66. The minimum atomic E-state index is -0.454. The summed E-state index contributed by atoms with van der Waals surface area (Å²) in [6, 6.07) is 33.1. The fourth-order valence-corrected chi connectivity index (χ4v) is 5.42. The second kappa shape index (κ2) is 13.0. The maximum atomic E-state index is 9.97. The van der Waals surface area contributed by atoms with Gasteiger partial charge in [0.2, 0.25) is 0 Å². The molecule has 192 valence electrons. The Morgan fingerprint density at radius 1 is 0.405 bits per heavy atom. The molecule has 37 heavy (non-hydrogen) atoms. The van der Waals surface area contributed by atoms with Crippen molar-refractivity contribution in [2.24, 2.45) is 0 Å². The van der Waals surface area contributed by atoms with Gasteiger partial charge in [0.1, 0.15) is 17.2 Å². The standard InChI is InChI=1S/C34H38O3/c35-31-20-14-28(15-21-31)34(29-16-22-32(36)23-17-29,30-18-24-33(37)25-19-30)26-10-5-3-1-2-4-7-11-27-12-8-6-9-13-27/h6,8-9,12-25,35-37H,1-5,7,10-11,26H2. The van der Waals surface area contributed by atoms with E-state index in [9.17, 15) is 15.3 Å². The van der Waals surface area contributed by atoms with Gasteiger partial charge in [0.15, 0.2) is 0 Å². The van der Waals surface area contributed by atoms with Crippen molar-refractivity contribution in [3.8, 4) is 17.2 Å². The van der Waals surface area contributed by atoms with E-state index in [1.165, 1.54) is 37.7 Å². The highest BCUT2D eigenvalue weighted by molar-refractivity contribution is 5.52. The van der Waals surface area contributed by atoms with Crippen molar-refractivity contribution in [1.82, 2.24) is 0 Å². The summed E-state index contributed by atoms with van der Waals surface area (Å²) >= 11 is 0. The summed E-state index contributed by atoms with van der Waals surface area (Å²) in [6.45, 7) is 0. The van der Waals surface area contributed by atoms with Crippen molar-refractivity contribution in [3.63, 3.8) is 0 Å². The Balaban J connectivity index is 1.43. The van der Waals surface area contributed by atoms with Gasteiger partial charge in [-0.25, -0.2) is 0 Å². The number of benzene rings is 4. The van der Waals surface area contributed by atoms with Crippen LogP contribution in [0.1, 0.15) is 73.6 Å².